The zero-order valence-corrected chi connectivity index (χ0v) is 20.8. The summed E-state index contributed by atoms with van der Waals surface area (Å²) < 4.78 is 8.35. The van der Waals surface area contributed by atoms with Crippen LogP contribution in [-0.2, 0) is 6.54 Å². The minimum atomic E-state index is -0.404. The quantitative estimate of drug-likeness (QED) is 0.234. The fraction of sp³-hybridized carbons (Fsp3) is 0.0385. The number of nitrogens with zero attached hydrogens (tertiary/aromatic N) is 4. The molecule has 0 fully saturated rings. The van der Waals surface area contributed by atoms with E-state index in [9.17, 15) is 9.59 Å². The first-order chi connectivity index (χ1) is 18.0. The highest BCUT2D eigenvalue weighted by molar-refractivity contribution is 7.20. The fourth-order valence-corrected chi connectivity index (χ4v) is 5.81. The lowest BCUT2D eigenvalue weighted by Crippen LogP contribution is -2.26. The van der Waals surface area contributed by atoms with Gasteiger partial charge in [-0.2, -0.15) is 0 Å². The van der Waals surface area contributed by atoms with Crippen molar-refractivity contribution in [3.63, 3.8) is 0 Å². The number of rotatable bonds is 6. The van der Waals surface area contributed by atoms with Crippen molar-refractivity contribution in [2.45, 2.75) is 6.54 Å². The van der Waals surface area contributed by atoms with E-state index >= 15 is 0 Å². The van der Waals surface area contributed by atoms with Gasteiger partial charge in [-0.1, -0.05) is 29.5 Å². The number of aromatic nitrogens is 4. The average Bonchev–Trinajstić information content (AvgIpc) is 3.68. The molecule has 1 amide bonds. The molecule has 0 bridgehead atoms. The van der Waals surface area contributed by atoms with Crippen LogP contribution in [0.15, 0.2) is 88.2 Å². The summed E-state index contributed by atoms with van der Waals surface area (Å²) in [5, 5.41) is 15.2. The largest absolute Gasteiger partial charge is 0.459 e. The Morgan fingerprint density at radius 3 is 2.84 bits per heavy atom. The lowest BCUT2D eigenvalue weighted by atomic mass is 10.2. The van der Waals surface area contributed by atoms with Gasteiger partial charge in [0.05, 0.1) is 22.1 Å². The second-order valence-electron chi connectivity index (χ2n) is 7.99. The van der Waals surface area contributed by atoms with E-state index in [1.807, 2.05) is 23.6 Å². The maximum Gasteiger partial charge on any atom is 0.292 e. The maximum atomic E-state index is 13.4. The fourth-order valence-electron chi connectivity index (χ4n) is 4.03. The monoisotopic (exact) mass is 526 g/mol. The van der Waals surface area contributed by atoms with Gasteiger partial charge in [0.2, 0.25) is 0 Å². The van der Waals surface area contributed by atoms with E-state index in [0.29, 0.717) is 37.9 Å². The number of thiophene rings is 1. The number of pyridine rings is 2. The van der Waals surface area contributed by atoms with Crippen LogP contribution in [0, 0.1) is 5.41 Å². The Morgan fingerprint density at radius 2 is 2.08 bits per heavy atom. The number of hydrogen-bond acceptors (Lipinski definition) is 8. The Kier molecular flexibility index (Phi) is 5.63. The number of amides is 1. The zero-order valence-electron chi connectivity index (χ0n) is 19.2. The summed E-state index contributed by atoms with van der Waals surface area (Å²) in [6.07, 6.45) is 4.75. The summed E-state index contributed by atoms with van der Waals surface area (Å²) in [6.45, 7) is 4.10. The van der Waals surface area contributed by atoms with Gasteiger partial charge in [-0.15, -0.1) is 17.9 Å². The first-order valence-electron chi connectivity index (χ1n) is 11.2. The molecule has 2 N–H and O–H groups in total. The topological polar surface area (TPSA) is 118 Å². The molecule has 0 aromatic carbocycles. The standard InChI is InChI=1S/C26H18N6O3S2/c1-2-10-32-21(27)15(14-16-22(32)28-19-9-3-4-11-31(19)26(16)34)24-29-20(18-8-6-13-36-18)25(37-24)30-23(33)17-7-5-12-35-17/h2-9,11-14,27H,1,10H2,(H,30,33). The molecule has 9 nitrogen and oxygen atoms in total. The highest BCUT2D eigenvalue weighted by Crippen LogP contribution is 2.39. The number of carbonyl (C=O) groups is 1. The Bertz CT molecular complexity index is 1910. The number of anilines is 1. The number of hydrogen-bond donors (Lipinski definition) is 2. The van der Waals surface area contributed by atoms with Crippen molar-refractivity contribution in [3.05, 3.63) is 101 Å². The van der Waals surface area contributed by atoms with E-state index in [4.69, 9.17) is 14.8 Å². The first-order valence-corrected chi connectivity index (χ1v) is 12.8. The molecule has 0 saturated carbocycles. The minimum Gasteiger partial charge on any atom is -0.459 e. The van der Waals surface area contributed by atoms with Crippen LogP contribution in [-0.4, -0.2) is 24.8 Å². The molecule has 182 valence electrons. The smallest absolute Gasteiger partial charge is 0.292 e. The Balaban J connectivity index is 1.58. The molecule has 0 spiro atoms. The number of fused-ring (bicyclic) bond motifs is 2. The molecule has 6 heterocycles. The summed E-state index contributed by atoms with van der Waals surface area (Å²) in [6, 6.07) is 14.0. The van der Waals surface area contributed by atoms with Crippen molar-refractivity contribution >= 4 is 50.3 Å². The maximum absolute atomic E-state index is 13.4. The average molecular weight is 527 g/mol. The van der Waals surface area contributed by atoms with Gasteiger partial charge in [0.1, 0.15) is 32.5 Å². The van der Waals surface area contributed by atoms with Crippen LogP contribution >= 0.6 is 22.7 Å². The Labute approximate surface area is 217 Å². The van der Waals surface area contributed by atoms with E-state index in [1.54, 1.807) is 47.2 Å². The van der Waals surface area contributed by atoms with E-state index in [1.165, 1.54) is 33.3 Å². The molecule has 0 saturated heterocycles. The summed E-state index contributed by atoms with van der Waals surface area (Å²) in [7, 11) is 0. The van der Waals surface area contributed by atoms with Crippen LogP contribution < -0.4 is 16.4 Å². The van der Waals surface area contributed by atoms with Crippen LogP contribution in [0.3, 0.4) is 0 Å². The third kappa shape index (κ3) is 3.90. The second-order valence-corrected chi connectivity index (χ2v) is 9.94. The second kappa shape index (κ2) is 9.12. The van der Waals surface area contributed by atoms with Gasteiger partial charge in [0.15, 0.2) is 5.76 Å². The molecular formula is C26H18N6O3S2. The molecule has 6 aromatic heterocycles. The summed E-state index contributed by atoms with van der Waals surface area (Å²) >= 11 is 2.71. The van der Waals surface area contributed by atoms with Gasteiger partial charge < -0.3 is 14.3 Å². The molecule has 6 aromatic rings. The first kappa shape index (κ1) is 22.8. The highest BCUT2D eigenvalue weighted by Gasteiger charge is 2.22. The number of thiazole rings is 1. The van der Waals surface area contributed by atoms with Crippen LogP contribution in [0.25, 0.3) is 37.8 Å². The normalized spacial score (nSPS) is 11.2. The molecular weight excluding hydrogens is 508 g/mol. The highest BCUT2D eigenvalue weighted by atomic mass is 32.1. The van der Waals surface area contributed by atoms with Crippen LogP contribution in [0.5, 0.6) is 0 Å². The van der Waals surface area contributed by atoms with Crippen molar-refractivity contribution < 1.29 is 9.21 Å². The molecule has 0 radical (unpaired) electrons. The van der Waals surface area contributed by atoms with Gasteiger partial charge in [-0.25, -0.2) is 9.97 Å². The molecule has 0 aliphatic carbocycles. The zero-order chi connectivity index (χ0) is 25.5. The molecule has 37 heavy (non-hydrogen) atoms. The minimum absolute atomic E-state index is 0.134. The van der Waals surface area contributed by atoms with Gasteiger partial charge in [0.25, 0.3) is 11.5 Å². The van der Waals surface area contributed by atoms with E-state index in [2.05, 4.69) is 16.9 Å². The van der Waals surface area contributed by atoms with Gasteiger partial charge >= 0.3 is 0 Å². The molecule has 0 aliphatic heterocycles. The van der Waals surface area contributed by atoms with Crippen molar-refractivity contribution in [2.24, 2.45) is 0 Å². The molecule has 0 unspecified atom stereocenters. The summed E-state index contributed by atoms with van der Waals surface area (Å²) in [4.78, 5) is 36.5. The van der Waals surface area contributed by atoms with Gasteiger partial charge in [0, 0.05) is 12.7 Å². The van der Waals surface area contributed by atoms with E-state index < -0.39 is 5.91 Å². The number of allylic oxidation sites excluding steroid dienone is 1. The lowest BCUT2D eigenvalue weighted by molar-refractivity contribution is 0.0997. The lowest BCUT2D eigenvalue weighted by Gasteiger charge is -2.12. The number of carbonyl (C=O) groups excluding carboxylic acids is 1. The van der Waals surface area contributed by atoms with Crippen molar-refractivity contribution in [1.82, 2.24) is 18.9 Å². The van der Waals surface area contributed by atoms with Crippen molar-refractivity contribution in [2.75, 3.05) is 5.32 Å². The van der Waals surface area contributed by atoms with E-state index in [-0.39, 0.29) is 23.4 Å². The molecule has 0 aliphatic rings. The summed E-state index contributed by atoms with van der Waals surface area (Å²) in [5.41, 5.74) is 1.80. The van der Waals surface area contributed by atoms with Gasteiger partial charge in [-0.05, 0) is 41.8 Å². The van der Waals surface area contributed by atoms with Crippen LogP contribution in [0.4, 0.5) is 5.00 Å². The predicted octanol–water partition coefficient (Wildman–Crippen LogP) is 5.01. The molecule has 6 rings (SSSR count). The van der Waals surface area contributed by atoms with Crippen LogP contribution in [0.2, 0.25) is 0 Å². The van der Waals surface area contributed by atoms with Gasteiger partial charge in [-0.3, -0.25) is 19.4 Å². The van der Waals surface area contributed by atoms with E-state index in [0.717, 1.165) is 4.88 Å². The number of nitrogens with one attached hydrogen (secondary N) is 2. The molecule has 11 heteroatoms. The van der Waals surface area contributed by atoms with Crippen molar-refractivity contribution in [3.8, 4) is 21.1 Å². The number of furan rings is 1. The SMILES string of the molecule is C=CCn1c(=N)c(-c2nc(-c3cccs3)c(NC(=O)c3ccco3)s2)cc2c(=O)n3ccccc3nc21. The third-order valence-electron chi connectivity index (χ3n) is 5.71. The van der Waals surface area contributed by atoms with Crippen LogP contribution in [0.1, 0.15) is 10.6 Å². The third-order valence-corrected chi connectivity index (χ3v) is 7.59. The Hall–Kier alpha value is -4.61. The Morgan fingerprint density at radius 1 is 1.19 bits per heavy atom. The summed E-state index contributed by atoms with van der Waals surface area (Å²) in [5.74, 6) is -0.230. The molecule has 0 atom stereocenters. The van der Waals surface area contributed by atoms with Crippen molar-refractivity contribution in [1.29, 1.82) is 5.41 Å². The predicted molar refractivity (Wildman–Crippen MR) is 144 cm³/mol.